The van der Waals surface area contributed by atoms with Crippen LogP contribution in [0.15, 0.2) is 24.3 Å². The number of nitrogens with zero attached hydrogens (tertiary/aromatic N) is 2. The Balaban J connectivity index is 1.61. The van der Waals surface area contributed by atoms with E-state index < -0.39 is 0 Å². The van der Waals surface area contributed by atoms with Crippen LogP contribution in [0.3, 0.4) is 0 Å². The number of morpholine rings is 1. The molecule has 0 radical (unpaired) electrons. The molecular weight excluding hydrogens is 324 g/mol. The molecule has 2 aliphatic heterocycles. The van der Waals surface area contributed by atoms with Crippen molar-refractivity contribution >= 4 is 35.2 Å². The van der Waals surface area contributed by atoms with E-state index in [-0.39, 0.29) is 24.5 Å². The molecule has 0 N–H and O–H groups in total. The maximum Gasteiger partial charge on any atom is 0.242 e. The van der Waals surface area contributed by atoms with Gasteiger partial charge in [0.2, 0.25) is 11.8 Å². The van der Waals surface area contributed by atoms with Crippen molar-refractivity contribution in [1.82, 2.24) is 9.80 Å². The summed E-state index contributed by atoms with van der Waals surface area (Å²) in [5.74, 6) is 1.11. The largest absolute Gasteiger partial charge is 0.370 e. The first-order valence-corrected chi connectivity index (χ1v) is 8.67. The quantitative estimate of drug-likeness (QED) is 0.841. The predicted octanol–water partition coefficient (Wildman–Crippen LogP) is 1.77. The zero-order valence-electron chi connectivity index (χ0n) is 12.0. The summed E-state index contributed by atoms with van der Waals surface area (Å²) in [6.45, 7) is 1.74. The summed E-state index contributed by atoms with van der Waals surface area (Å²) in [5, 5.41) is 0.678. The number of ether oxygens (including phenoxy) is 1. The van der Waals surface area contributed by atoms with E-state index >= 15 is 0 Å². The molecule has 2 heterocycles. The summed E-state index contributed by atoms with van der Waals surface area (Å²) < 4.78 is 5.75. The second-order valence-electron chi connectivity index (χ2n) is 5.32. The average Bonchev–Trinajstić information content (AvgIpc) is 2.93. The van der Waals surface area contributed by atoms with Crippen molar-refractivity contribution in [3.63, 3.8) is 0 Å². The zero-order valence-corrected chi connectivity index (χ0v) is 13.6. The molecule has 1 aromatic carbocycles. The molecule has 2 fully saturated rings. The van der Waals surface area contributed by atoms with Crippen molar-refractivity contribution in [3.05, 3.63) is 34.9 Å². The minimum Gasteiger partial charge on any atom is -0.370 e. The van der Waals surface area contributed by atoms with Crippen LogP contribution in [-0.2, 0) is 14.3 Å². The van der Waals surface area contributed by atoms with Crippen molar-refractivity contribution in [3.8, 4) is 0 Å². The summed E-state index contributed by atoms with van der Waals surface area (Å²) in [7, 11) is 0. The Bertz CT molecular complexity index is 566. The molecule has 5 nitrogen and oxygen atoms in total. The van der Waals surface area contributed by atoms with Crippen molar-refractivity contribution in [2.45, 2.75) is 6.10 Å². The number of carbonyl (C=O) groups is 2. The minimum absolute atomic E-state index is 0.0156. The van der Waals surface area contributed by atoms with Crippen LogP contribution in [0.25, 0.3) is 0 Å². The third kappa shape index (κ3) is 3.56. The summed E-state index contributed by atoms with van der Waals surface area (Å²) in [5.41, 5.74) is 1.01. The third-order valence-corrected chi connectivity index (χ3v) is 5.01. The Kier molecular flexibility index (Phi) is 4.90. The Morgan fingerprint density at radius 1 is 1.36 bits per heavy atom. The highest BCUT2D eigenvalue weighted by molar-refractivity contribution is 8.00. The standard InChI is InChI=1S/C15H17ClN2O3S/c16-12-3-1-11(2-4-12)13-7-17(5-6-21-13)14(19)8-18-10-22-9-15(18)20/h1-4,13H,5-10H2/t13-/m0/s1. The molecule has 118 valence electrons. The fraction of sp³-hybridized carbons (Fsp3) is 0.467. The van der Waals surface area contributed by atoms with E-state index in [4.69, 9.17) is 16.3 Å². The van der Waals surface area contributed by atoms with Gasteiger partial charge in [-0.15, -0.1) is 11.8 Å². The molecule has 0 saturated carbocycles. The van der Waals surface area contributed by atoms with Gasteiger partial charge < -0.3 is 14.5 Å². The smallest absolute Gasteiger partial charge is 0.242 e. The van der Waals surface area contributed by atoms with Crippen molar-refractivity contribution in [2.24, 2.45) is 0 Å². The van der Waals surface area contributed by atoms with Crippen LogP contribution in [0.2, 0.25) is 5.02 Å². The highest BCUT2D eigenvalue weighted by atomic mass is 35.5. The summed E-state index contributed by atoms with van der Waals surface area (Å²) in [4.78, 5) is 27.4. The molecule has 2 aliphatic rings. The van der Waals surface area contributed by atoms with Gasteiger partial charge in [-0.2, -0.15) is 0 Å². The van der Waals surface area contributed by atoms with Gasteiger partial charge in [0.25, 0.3) is 0 Å². The van der Waals surface area contributed by atoms with Crippen LogP contribution >= 0.6 is 23.4 Å². The lowest BCUT2D eigenvalue weighted by Gasteiger charge is -2.34. The number of hydrogen-bond acceptors (Lipinski definition) is 4. The van der Waals surface area contributed by atoms with Gasteiger partial charge in [0.1, 0.15) is 12.6 Å². The van der Waals surface area contributed by atoms with Crippen molar-refractivity contribution in [2.75, 3.05) is 37.9 Å². The minimum atomic E-state index is -0.140. The molecule has 0 bridgehead atoms. The first kappa shape index (κ1) is 15.6. The van der Waals surface area contributed by atoms with Gasteiger partial charge in [0, 0.05) is 11.6 Å². The fourth-order valence-corrected chi connectivity index (χ4v) is 3.59. The lowest BCUT2D eigenvalue weighted by molar-refractivity contribution is -0.143. The molecule has 3 rings (SSSR count). The van der Waals surface area contributed by atoms with Gasteiger partial charge in [-0.3, -0.25) is 9.59 Å². The van der Waals surface area contributed by atoms with Crippen LogP contribution in [0.4, 0.5) is 0 Å². The lowest BCUT2D eigenvalue weighted by atomic mass is 10.1. The Morgan fingerprint density at radius 2 is 2.14 bits per heavy atom. The van der Waals surface area contributed by atoms with E-state index in [1.165, 1.54) is 0 Å². The summed E-state index contributed by atoms with van der Waals surface area (Å²) >= 11 is 7.44. The number of carbonyl (C=O) groups excluding carboxylic acids is 2. The monoisotopic (exact) mass is 340 g/mol. The van der Waals surface area contributed by atoms with E-state index in [2.05, 4.69) is 0 Å². The number of thioether (sulfide) groups is 1. The maximum absolute atomic E-state index is 12.4. The predicted molar refractivity (Wildman–Crippen MR) is 85.8 cm³/mol. The zero-order chi connectivity index (χ0) is 15.5. The molecular formula is C15H17ClN2O3S. The highest BCUT2D eigenvalue weighted by Gasteiger charge is 2.29. The first-order valence-electron chi connectivity index (χ1n) is 7.14. The molecule has 22 heavy (non-hydrogen) atoms. The van der Waals surface area contributed by atoms with Crippen LogP contribution in [0, 0.1) is 0 Å². The van der Waals surface area contributed by atoms with E-state index in [0.29, 0.717) is 36.3 Å². The molecule has 0 aliphatic carbocycles. The van der Waals surface area contributed by atoms with Crippen LogP contribution < -0.4 is 0 Å². The summed E-state index contributed by atoms with van der Waals surface area (Å²) in [6.07, 6.45) is -0.140. The maximum atomic E-state index is 12.4. The normalized spacial score (nSPS) is 22.2. The van der Waals surface area contributed by atoms with Gasteiger partial charge in [0.05, 0.1) is 24.8 Å². The molecule has 2 amide bonds. The number of benzene rings is 1. The van der Waals surface area contributed by atoms with Crippen LogP contribution in [0.5, 0.6) is 0 Å². The van der Waals surface area contributed by atoms with Gasteiger partial charge >= 0.3 is 0 Å². The number of amides is 2. The number of rotatable bonds is 3. The molecule has 1 atom stereocenters. The van der Waals surface area contributed by atoms with E-state index in [1.54, 1.807) is 21.6 Å². The molecule has 1 aromatic rings. The molecule has 7 heteroatoms. The fourth-order valence-electron chi connectivity index (χ4n) is 2.56. The molecule has 0 aromatic heterocycles. The van der Waals surface area contributed by atoms with Crippen LogP contribution in [0.1, 0.15) is 11.7 Å². The van der Waals surface area contributed by atoms with E-state index in [9.17, 15) is 9.59 Å². The SMILES string of the molecule is O=C1CSCN1CC(=O)N1CCO[C@H](c2ccc(Cl)cc2)C1. The highest BCUT2D eigenvalue weighted by Crippen LogP contribution is 2.24. The number of hydrogen-bond donors (Lipinski definition) is 0. The number of halogens is 1. The third-order valence-electron chi connectivity index (χ3n) is 3.81. The summed E-state index contributed by atoms with van der Waals surface area (Å²) in [6, 6.07) is 7.48. The topological polar surface area (TPSA) is 49.9 Å². The van der Waals surface area contributed by atoms with Crippen LogP contribution in [-0.4, -0.2) is 59.5 Å². The lowest BCUT2D eigenvalue weighted by Crippen LogP contribution is -2.47. The molecule has 0 spiro atoms. The molecule has 0 unspecified atom stereocenters. The Hall–Kier alpha value is -1.24. The van der Waals surface area contributed by atoms with Crippen molar-refractivity contribution in [1.29, 1.82) is 0 Å². The van der Waals surface area contributed by atoms with E-state index in [1.807, 2.05) is 24.3 Å². The van der Waals surface area contributed by atoms with E-state index in [0.717, 1.165) is 5.56 Å². The van der Waals surface area contributed by atoms with Gasteiger partial charge in [0.15, 0.2) is 0 Å². The second kappa shape index (κ2) is 6.89. The Labute approximate surface area is 138 Å². The van der Waals surface area contributed by atoms with Gasteiger partial charge in [-0.05, 0) is 17.7 Å². The average molecular weight is 341 g/mol. The molecule has 2 saturated heterocycles. The first-order chi connectivity index (χ1) is 10.6. The Morgan fingerprint density at radius 3 is 2.82 bits per heavy atom. The van der Waals surface area contributed by atoms with Gasteiger partial charge in [-0.25, -0.2) is 0 Å². The van der Waals surface area contributed by atoms with Gasteiger partial charge in [-0.1, -0.05) is 23.7 Å². The van der Waals surface area contributed by atoms with Crippen molar-refractivity contribution < 1.29 is 14.3 Å². The second-order valence-corrected chi connectivity index (χ2v) is 6.71.